The third kappa shape index (κ3) is 3.54. The SMILES string of the molecule is COc1cccc(CN(C)C(=O)[C@@H]2CCC[C@@H]2C(=O)O)c1. The Balaban J connectivity index is 2.03. The van der Waals surface area contributed by atoms with E-state index >= 15 is 0 Å². The van der Waals surface area contributed by atoms with E-state index in [9.17, 15) is 14.7 Å². The summed E-state index contributed by atoms with van der Waals surface area (Å²) in [5.41, 5.74) is 0.968. The number of benzene rings is 1. The van der Waals surface area contributed by atoms with Crippen LogP contribution >= 0.6 is 0 Å². The molecule has 2 atom stereocenters. The van der Waals surface area contributed by atoms with E-state index in [-0.39, 0.29) is 5.91 Å². The number of rotatable bonds is 5. The minimum atomic E-state index is -0.861. The second-order valence-electron chi connectivity index (χ2n) is 5.53. The summed E-state index contributed by atoms with van der Waals surface area (Å²) in [6, 6.07) is 7.54. The fourth-order valence-corrected chi connectivity index (χ4v) is 2.96. The van der Waals surface area contributed by atoms with Crippen molar-refractivity contribution in [2.45, 2.75) is 25.8 Å². The fraction of sp³-hybridized carbons (Fsp3) is 0.500. The second-order valence-corrected chi connectivity index (χ2v) is 5.53. The molecular weight excluding hydrogens is 270 g/mol. The Bertz CT molecular complexity index is 529. The molecule has 1 aromatic carbocycles. The minimum Gasteiger partial charge on any atom is -0.497 e. The summed E-state index contributed by atoms with van der Waals surface area (Å²) in [7, 11) is 3.32. The zero-order chi connectivity index (χ0) is 15.4. The summed E-state index contributed by atoms with van der Waals surface area (Å²) < 4.78 is 5.16. The molecule has 0 aromatic heterocycles. The van der Waals surface area contributed by atoms with Crippen LogP contribution in [0.5, 0.6) is 5.75 Å². The largest absolute Gasteiger partial charge is 0.497 e. The van der Waals surface area contributed by atoms with Gasteiger partial charge in [0.1, 0.15) is 5.75 Å². The Labute approximate surface area is 124 Å². The number of aliphatic carboxylic acids is 1. The Morgan fingerprint density at radius 2 is 2.05 bits per heavy atom. The van der Waals surface area contributed by atoms with Crippen molar-refractivity contribution in [2.75, 3.05) is 14.2 Å². The van der Waals surface area contributed by atoms with Crippen molar-refractivity contribution in [3.8, 4) is 5.75 Å². The lowest BCUT2D eigenvalue weighted by Crippen LogP contribution is -2.36. The fourth-order valence-electron chi connectivity index (χ4n) is 2.96. The molecule has 21 heavy (non-hydrogen) atoms. The highest BCUT2D eigenvalue weighted by molar-refractivity contribution is 5.85. The van der Waals surface area contributed by atoms with Crippen LogP contribution in [0.1, 0.15) is 24.8 Å². The van der Waals surface area contributed by atoms with Crippen LogP contribution in [0.25, 0.3) is 0 Å². The predicted molar refractivity (Wildman–Crippen MR) is 77.9 cm³/mol. The van der Waals surface area contributed by atoms with Gasteiger partial charge in [-0.15, -0.1) is 0 Å². The van der Waals surface area contributed by atoms with Crippen molar-refractivity contribution in [1.82, 2.24) is 4.90 Å². The number of nitrogens with zero attached hydrogens (tertiary/aromatic N) is 1. The molecule has 2 rings (SSSR count). The standard InChI is InChI=1S/C16H21NO4/c1-17(10-11-5-3-6-12(9-11)21-2)15(18)13-7-4-8-14(13)16(19)20/h3,5-6,9,13-14H,4,7-8,10H2,1-2H3,(H,19,20)/t13-,14+/m1/s1. The van der Waals surface area contributed by atoms with Gasteiger partial charge < -0.3 is 14.7 Å². The van der Waals surface area contributed by atoms with E-state index in [1.54, 1.807) is 19.1 Å². The van der Waals surface area contributed by atoms with Crippen LogP contribution in [-0.4, -0.2) is 36.0 Å². The first-order valence-electron chi connectivity index (χ1n) is 7.13. The molecule has 1 aliphatic rings. The van der Waals surface area contributed by atoms with Crippen molar-refractivity contribution in [3.63, 3.8) is 0 Å². The molecule has 114 valence electrons. The molecular formula is C16H21NO4. The van der Waals surface area contributed by atoms with Crippen molar-refractivity contribution < 1.29 is 19.4 Å². The van der Waals surface area contributed by atoms with Crippen LogP contribution in [0.3, 0.4) is 0 Å². The van der Waals surface area contributed by atoms with Crippen LogP contribution in [-0.2, 0) is 16.1 Å². The topological polar surface area (TPSA) is 66.8 Å². The summed E-state index contributed by atoms with van der Waals surface area (Å²) in [5.74, 6) is -1.12. The van der Waals surface area contributed by atoms with Gasteiger partial charge in [-0.05, 0) is 30.5 Å². The Hall–Kier alpha value is -2.04. The molecule has 0 radical (unpaired) electrons. The van der Waals surface area contributed by atoms with Gasteiger partial charge in [0.15, 0.2) is 0 Å². The third-order valence-electron chi connectivity index (χ3n) is 4.08. The first-order valence-corrected chi connectivity index (χ1v) is 7.13. The molecule has 5 nitrogen and oxygen atoms in total. The molecule has 1 saturated carbocycles. The molecule has 1 aliphatic carbocycles. The van der Waals surface area contributed by atoms with Gasteiger partial charge >= 0.3 is 5.97 Å². The van der Waals surface area contributed by atoms with Gasteiger partial charge in [0.25, 0.3) is 0 Å². The van der Waals surface area contributed by atoms with Gasteiger partial charge in [0.05, 0.1) is 18.9 Å². The number of hydrogen-bond donors (Lipinski definition) is 1. The van der Waals surface area contributed by atoms with Crippen LogP contribution in [0.4, 0.5) is 0 Å². The number of carbonyl (C=O) groups is 2. The molecule has 1 fully saturated rings. The maximum atomic E-state index is 12.5. The Morgan fingerprint density at radius 3 is 2.71 bits per heavy atom. The molecule has 1 aromatic rings. The number of amides is 1. The number of ether oxygens (including phenoxy) is 1. The third-order valence-corrected chi connectivity index (χ3v) is 4.08. The van der Waals surface area contributed by atoms with E-state index in [2.05, 4.69) is 0 Å². The van der Waals surface area contributed by atoms with Crippen LogP contribution < -0.4 is 4.74 Å². The van der Waals surface area contributed by atoms with Crippen LogP contribution in [0, 0.1) is 11.8 Å². The average Bonchev–Trinajstić information content (AvgIpc) is 2.96. The first-order chi connectivity index (χ1) is 10.0. The number of carboxylic acids is 1. The zero-order valence-corrected chi connectivity index (χ0v) is 12.4. The molecule has 0 heterocycles. The van der Waals surface area contributed by atoms with E-state index in [1.165, 1.54) is 0 Å². The number of carbonyl (C=O) groups excluding carboxylic acids is 1. The second kappa shape index (κ2) is 6.61. The molecule has 5 heteroatoms. The van der Waals surface area contributed by atoms with Crippen molar-refractivity contribution >= 4 is 11.9 Å². The predicted octanol–water partition coefficient (Wildman–Crippen LogP) is 2.15. The van der Waals surface area contributed by atoms with Crippen LogP contribution in [0.15, 0.2) is 24.3 Å². The smallest absolute Gasteiger partial charge is 0.307 e. The van der Waals surface area contributed by atoms with E-state index < -0.39 is 17.8 Å². The number of carboxylic acid groups (broad SMARTS) is 1. The highest BCUT2D eigenvalue weighted by Crippen LogP contribution is 2.33. The van der Waals surface area contributed by atoms with Gasteiger partial charge in [-0.3, -0.25) is 9.59 Å². The van der Waals surface area contributed by atoms with E-state index in [4.69, 9.17) is 4.74 Å². The molecule has 0 bridgehead atoms. The van der Waals surface area contributed by atoms with Crippen molar-refractivity contribution in [2.24, 2.45) is 11.8 Å². The molecule has 0 spiro atoms. The Kier molecular flexibility index (Phi) is 4.83. The lowest BCUT2D eigenvalue weighted by Gasteiger charge is -2.23. The maximum Gasteiger partial charge on any atom is 0.307 e. The quantitative estimate of drug-likeness (QED) is 0.902. The summed E-state index contributed by atoms with van der Waals surface area (Å²) in [6.07, 6.45) is 2.07. The highest BCUT2D eigenvalue weighted by Gasteiger charge is 2.38. The van der Waals surface area contributed by atoms with Crippen molar-refractivity contribution in [3.05, 3.63) is 29.8 Å². The molecule has 0 unspecified atom stereocenters. The van der Waals surface area contributed by atoms with Gasteiger partial charge in [-0.2, -0.15) is 0 Å². The van der Waals surface area contributed by atoms with E-state index in [0.29, 0.717) is 19.4 Å². The van der Waals surface area contributed by atoms with Gasteiger partial charge in [-0.1, -0.05) is 18.6 Å². The van der Waals surface area contributed by atoms with E-state index in [1.807, 2.05) is 24.3 Å². The molecule has 0 saturated heterocycles. The monoisotopic (exact) mass is 291 g/mol. The lowest BCUT2D eigenvalue weighted by atomic mass is 9.95. The van der Waals surface area contributed by atoms with Gasteiger partial charge in [0, 0.05) is 13.6 Å². The molecule has 1 N–H and O–H groups in total. The lowest BCUT2D eigenvalue weighted by molar-refractivity contribution is -0.148. The normalized spacial score (nSPS) is 21.0. The zero-order valence-electron chi connectivity index (χ0n) is 12.4. The summed E-state index contributed by atoms with van der Waals surface area (Å²) in [5, 5.41) is 9.19. The van der Waals surface area contributed by atoms with Crippen LogP contribution in [0.2, 0.25) is 0 Å². The van der Waals surface area contributed by atoms with Gasteiger partial charge in [0.2, 0.25) is 5.91 Å². The minimum absolute atomic E-state index is 0.0808. The maximum absolute atomic E-state index is 12.5. The number of methoxy groups -OCH3 is 1. The van der Waals surface area contributed by atoms with Crippen molar-refractivity contribution in [1.29, 1.82) is 0 Å². The average molecular weight is 291 g/mol. The number of hydrogen-bond acceptors (Lipinski definition) is 3. The summed E-state index contributed by atoms with van der Waals surface area (Å²) in [6.45, 7) is 0.457. The summed E-state index contributed by atoms with van der Waals surface area (Å²) >= 11 is 0. The van der Waals surface area contributed by atoms with E-state index in [0.717, 1.165) is 17.7 Å². The molecule has 0 aliphatic heterocycles. The van der Waals surface area contributed by atoms with Gasteiger partial charge in [-0.25, -0.2) is 0 Å². The highest BCUT2D eigenvalue weighted by atomic mass is 16.5. The Morgan fingerprint density at radius 1 is 1.33 bits per heavy atom. The molecule has 1 amide bonds. The first kappa shape index (κ1) is 15.4. The summed E-state index contributed by atoms with van der Waals surface area (Å²) in [4.78, 5) is 25.3.